The highest BCUT2D eigenvalue weighted by Gasteiger charge is 2.34. The molecular weight excluding hydrogens is 275 g/mol. The van der Waals surface area contributed by atoms with E-state index in [1.807, 2.05) is 4.90 Å². The minimum absolute atomic E-state index is 0.0413. The Bertz CT molecular complexity index is 473. The van der Waals surface area contributed by atoms with E-state index in [2.05, 4.69) is 5.10 Å². The molecule has 0 spiro atoms. The number of rotatable bonds is 4. The number of aliphatic carboxylic acids is 1. The summed E-state index contributed by atoms with van der Waals surface area (Å²) in [6.45, 7) is 1.72. The van der Waals surface area contributed by atoms with Crippen LogP contribution in [0.3, 0.4) is 0 Å². The van der Waals surface area contributed by atoms with Gasteiger partial charge in [0.1, 0.15) is 0 Å². The predicted octanol–water partition coefficient (Wildman–Crippen LogP) is 2.01. The molecule has 5 nitrogen and oxygen atoms in total. The van der Waals surface area contributed by atoms with E-state index in [9.17, 15) is 18.0 Å². The van der Waals surface area contributed by atoms with Crippen LogP contribution in [-0.4, -0.2) is 45.4 Å². The molecule has 0 amide bonds. The second-order valence-corrected chi connectivity index (χ2v) is 4.92. The van der Waals surface area contributed by atoms with E-state index in [0.717, 1.165) is 25.5 Å². The van der Waals surface area contributed by atoms with E-state index in [1.165, 1.54) is 10.9 Å². The van der Waals surface area contributed by atoms with Crippen molar-refractivity contribution in [2.45, 2.75) is 31.5 Å². The number of likely N-dealkylation sites (tertiary alicyclic amines) is 1. The van der Waals surface area contributed by atoms with Crippen molar-refractivity contribution in [3.8, 4) is 0 Å². The Morgan fingerprint density at radius 3 is 2.85 bits per heavy atom. The van der Waals surface area contributed by atoms with Crippen LogP contribution in [0, 0.1) is 0 Å². The molecule has 1 unspecified atom stereocenters. The molecule has 0 saturated carbocycles. The van der Waals surface area contributed by atoms with Gasteiger partial charge in [0.05, 0.1) is 12.5 Å². The largest absolute Gasteiger partial charge is 0.481 e. The Morgan fingerprint density at radius 1 is 1.50 bits per heavy atom. The second-order valence-electron chi connectivity index (χ2n) is 4.92. The van der Waals surface area contributed by atoms with E-state index in [1.54, 1.807) is 0 Å². The molecular formula is C12H16F3N3O2. The summed E-state index contributed by atoms with van der Waals surface area (Å²) in [7, 11) is 0. The summed E-state index contributed by atoms with van der Waals surface area (Å²) >= 11 is 0. The van der Waals surface area contributed by atoms with Crippen molar-refractivity contribution in [2.75, 3.05) is 19.6 Å². The Kier molecular flexibility index (Phi) is 4.32. The third kappa shape index (κ3) is 3.72. The first-order valence-corrected chi connectivity index (χ1v) is 6.43. The SMILES string of the molecule is O=C(O)CCN1CCCC(n2ccc(C(F)(F)F)n2)C1. The maximum atomic E-state index is 12.5. The molecule has 0 bridgehead atoms. The summed E-state index contributed by atoms with van der Waals surface area (Å²) in [5.41, 5.74) is -0.889. The highest BCUT2D eigenvalue weighted by molar-refractivity contribution is 5.66. The molecule has 1 N–H and O–H groups in total. The fraction of sp³-hybridized carbons (Fsp3) is 0.667. The van der Waals surface area contributed by atoms with Gasteiger partial charge in [-0.15, -0.1) is 0 Å². The van der Waals surface area contributed by atoms with Gasteiger partial charge in [-0.05, 0) is 25.5 Å². The van der Waals surface area contributed by atoms with Crippen molar-refractivity contribution in [1.82, 2.24) is 14.7 Å². The number of halogens is 3. The van der Waals surface area contributed by atoms with Crippen LogP contribution in [0.2, 0.25) is 0 Å². The highest BCUT2D eigenvalue weighted by Crippen LogP contribution is 2.29. The molecule has 1 fully saturated rings. The minimum atomic E-state index is -4.43. The average Bonchev–Trinajstić information content (AvgIpc) is 2.86. The molecule has 1 aromatic heterocycles. The zero-order valence-corrected chi connectivity index (χ0v) is 10.8. The lowest BCUT2D eigenvalue weighted by Gasteiger charge is -2.32. The molecule has 20 heavy (non-hydrogen) atoms. The number of alkyl halides is 3. The molecule has 2 heterocycles. The molecule has 0 aliphatic carbocycles. The quantitative estimate of drug-likeness (QED) is 0.922. The minimum Gasteiger partial charge on any atom is -0.481 e. The highest BCUT2D eigenvalue weighted by atomic mass is 19.4. The van der Waals surface area contributed by atoms with Crippen LogP contribution in [0.15, 0.2) is 12.3 Å². The molecule has 1 saturated heterocycles. The molecule has 1 atom stereocenters. The normalized spacial score (nSPS) is 21.1. The van der Waals surface area contributed by atoms with Crippen LogP contribution >= 0.6 is 0 Å². The number of aromatic nitrogens is 2. The van der Waals surface area contributed by atoms with Crippen molar-refractivity contribution in [3.63, 3.8) is 0 Å². The number of carbonyl (C=O) groups is 1. The van der Waals surface area contributed by atoms with Crippen molar-refractivity contribution in [3.05, 3.63) is 18.0 Å². The van der Waals surface area contributed by atoms with Gasteiger partial charge >= 0.3 is 12.1 Å². The van der Waals surface area contributed by atoms with Gasteiger partial charge in [0.15, 0.2) is 5.69 Å². The number of piperidine rings is 1. The van der Waals surface area contributed by atoms with Gasteiger partial charge in [-0.3, -0.25) is 9.48 Å². The van der Waals surface area contributed by atoms with Crippen molar-refractivity contribution < 1.29 is 23.1 Å². The zero-order chi connectivity index (χ0) is 14.8. The summed E-state index contributed by atoms with van der Waals surface area (Å²) in [6, 6.07) is 0.838. The van der Waals surface area contributed by atoms with Gasteiger partial charge in [-0.1, -0.05) is 0 Å². The summed E-state index contributed by atoms with van der Waals surface area (Å²) in [4.78, 5) is 12.5. The molecule has 2 rings (SSSR count). The molecule has 8 heteroatoms. The molecule has 0 aromatic carbocycles. The van der Waals surface area contributed by atoms with Crippen LogP contribution in [0.25, 0.3) is 0 Å². The van der Waals surface area contributed by atoms with E-state index >= 15 is 0 Å². The summed E-state index contributed by atoms with van der Waals surface area (Å²) in [5, 5.41) is 12.2. The topological polar surface area (TPSA) is 58.4 Å². The Hall–Kier alpha value is -1.57. The van der Waals surface area contributed by atoms with Crippen molar-refractivity contribution in [2.24, 2.45) is 0 Å². The van der Waals surface area contributed by atoms with Gasteiger partial charge in [-0.2, -0.15) is 18.3 Å². The second kappa shape index (κ2) is 5.82. The van der Waals surface area contributed by atoms with Gasteiger partial charge in [-0.25, -0.2) is 0 Å². The first-order chi connectivity index (χ1) is 9.36. The number of nitrogens with zero attached hydrogens (tertiary/aromatic N) is 3. The standard InChI is InChI=1S/C12H16F3N3O2/c13-12(14,15)10-3-7-18(16-10)9-2-1-5-17(8-9)6-4-11(19)20/h3,7,9H,1-2,4-6,8H2,(H,19,20). The number of carboxylic acids is 1. The van der Waals surface area contributed by atoms with Crippen LogP contribution in [0.5, 0.6) is 0 Å². The molecule has 0 radical (unpaired) electrons. The van der Waals surface area contributed by atoms with Crippen molar-refractivity contribution in [1.29, 1.82) is 0 Å². The van der Waals surface area contributed by atoms with Gasteiger partial charge in [0.25, 0.3) is 0 Å². The number of hydrogen-bond acceptors (Lipinski definition) is 3. The maximum absolute atomic E-state index is 12.5. The summed E-state index contributed by atoms with van der Waals surface area (Å²) < 4.78 is 38.9. The maximum Gasteiger partial charge on any atom is 0.435 e. The van der Waals surface area contributed by atoms with E-state index < -0.39 is 17.8 Å². The monoisotopic (exact) mass is 291 g/mol. The third-order valence-electron chi connectivity index (χ3n) is 3.40. The molecule has 1 aliphatic heterocycles. The van der Waals surface area contributed by atoms with Gasteiger partial charge in [0.2, 0.25) is 0 Å². The smallest absolute Gasteiger partial charge is 0.435 e. The lowest BCUT2D eigenvalue weighted by Crippen LogP contribution is -2.38. The predicted molar refractivity (Wildman–Crippen MR) is 64.2 cm³/mol. The summed E-state index contributed by atoms with van der Waals surface area (Å²) in [6.07, 6.45) is -1.47. The molecule has 1 aromatic rings. The average molecular weight is 291 g/mol. The van der Waals surface area contributed by atoms with Gasteiger partial charge < -0.3 is 10.0 Å². The van der Waals surface area contributed by atoms with Crippen LogP contribution in [-0.2, 0) is 11.0 Å². The van der Waals surface area contributed by atoms with E-state index in [0.29, 0.717) is 13.1 Å². The van der Waals surface area contributed by atoms with Crippen LogP contribution < -0.4 is 0 Å². The number of hydrogen-bond donors (Lipinski definition) is 1. The van der Waals surface area contributed by atoms with Crippen molar-refractivity contribution >= 4 is 5.97 Å². The van der Waals surface area contributed by atoms with E-state index in [4.69, 9.17) is 5.11 Å². The molecule has 112 valence electrons. The Labute approximate surface area is 114 Å². The lowest BCUT2D eigenvalue weighted by molar-refractivity contribution is -0.141. The number of carboxylic acid groups (broad SMARTS) is 1. The lowest BCUT2D eigenvalue weighted by atomic mass is 10.1. The first kappa shape index (κ1) is 14.8. The Balaban J connectivity index is 1.98. The van der Waals surface area contributed by atoms with E-state index in [-0.39, 0.29) is 12.5 Å². The van der Waals surface area contributed by atoms with Crippen LogP contribution in [0.1, 0.15) is 31.0 Å². The fourth-order valence-electron chi connectivity index (χ4n) is 2.40. The summed E-state index contributed by atoms with van der Waals surface area (Å²) in [5.74, 6) is -0.870. The first-order valence-electron chi connectivity index (χ1n) is 6.43. The van der Waals surface area contributed by atoms with Crippen LogP contribution in [0.4, 0.5) is 13.2 Å². The fourth-order valence-corrected chi connectivity index (χ4v) is 2.40. The molecule has 1 aliphatic rings. The van der Waals surface area contributed by atoms with Gasteiger partial charge in [0, 0.05) is 19.3 Å². The Morgan fingerprint density at radius 2 is 2.25 bits per heavy atom. The zero-order valence-electron chi connectivity index (χ0n) is 10.8. The third-order valence-corrected chi connectivity index (χ3v) is 3.40.